The number of hydrogen-bond acceptors (Lipinski definition) is 5. The summed E-state index contributed by atoms with van der Waals surface area (Å²) in [6, 6.07) is 0. The molecule has 0 aliphatic heterocycles. The lowest BCUT2D eigenvalue weighted by Gasteiger charge is -2.24. The zero-order valence-electron chi connectivity index (χ0n) is 9.15. The minimum absolute atomic E-state index is 0. The van der Waals surface area contributed by atoms with Crippen molar-refractivity contribution < 1.29 is 17.9 Å². The van der Waals surface area contributed by atoms with Crippen molar-refractivity contribution in [2.45, 2.75) is 25.0 Å². The molecule has 0 fully saturated rings. The fourth-order valence-electron chi connectivity index (χ4n) is 0.998. The number of nitrogens with two attached hydrogens (primary N) is 1. The van der Waals surface area contributed by atoms with Crippen molar-refractivity contribution >= 4 is 28.2 Å². The van der Waals surface area contributed by atoms with Crippen molar-refractivity contribution in [3.05, 3.63) is 0 Å². The molecule has 0 aliphatic rings. The van der Waals surface area contributed by atoms with E-state index in [2.05, 4.69) is 0 Å². The second-order valence-electron chi connectivity index (χ2n) is 3.26. The zero-order valence-corrected chi connectivity index (χ0v) is 10.8. The molecule has 0 saturated heterocycles. The molecule has 0 aliphatic carbocycles. The predicted octanol–water partition coefficient (Wildman–Crippen LogP) is 0.123. The summed E-state index contributed by atoms with van der Waals surface area (Å²) in [5.41, 5.74) is 5.27. The number of carbonyl (C=O) groups is 1. The predicted molar refractivity (Wildman–Crippen MR) is 60.8 cm³/mol. The molecule has 0 amide bonds. The van der Waals surface area contributed by atoms with Crippen molar-refractivity contribution in [1.82, 2.24) is 0 Å². The Morgan fingerprint density at radius 2 is 1.93 bits per heavy atom. The van der Waals surface area contributed by atoms with Gasteiger partial charge in [0.1, 0.15) is 0 Å². The first-order valence-electron chi connectivity index (χ1n) is 4.36. The molecule has 7 heteroatoms. The average molecular weight is 260 g/mol. The van der Waals surface area contributed by atoms with E-state index in [-0.39, 0.29) is 32.0 Å². The van der Waals surface area contributed by atoms with E-state index in [4.69, 9.17) is 10.5 Å². The minimum Gasteiger partial charge on any atom is -0.465 e. The van der Waals surface area contributed by atoms with E-state index < -0.39 is 20.6 Å². The smallest absolute Gasteiger partial charge is 0.327 e. The van der Waals surface area contributed by atoms with Gasteiger partial charge in [-0.3, -0.25) is 4.79 Å². The molecule has 92 valence electrons. The van der Waals surface area contributed by atoms with Gasteiger partial charge in [-0.25, -0.2) is 8.42 Å². The highest BCUT2D eigenvalue weighted by Crippen LogP contribution is 2.21. The highest BCUT2D eigenvalue weighted by atomic mass is 35.5. The van der Waals surface area contributed by atoms with Gasteiger partial charge in [-0.2, -0.15) is 0 Å². The van der Waals surface area contributed by atoms with Crippen LogP contribution in [-0.2, 0) is 19.4 Å². The molecular weight excluding hydrogens is 242 g/mol. The molecule has 5 nitrogen and oxygen atoms in total. The van der Waals surface area contributed by atoms with Crippen LogP contribution in [-0.4, -0.2) is 38.5 Å². The van der Waals surface area contributed by atoms with Gasteiger partial charge in [-0.15, -0.1) is 12.4 Å². The maximum atomic E-state index is 11.4. The Labute approximate surface area is 96.7 Å². The molecule has 0 aromatic carbocycles. The fourth-order valence-corrected chi connectivity index (χ4v) is 1.85. The maximum Gasteiger partial charge on any atom is 0.327 e. The van der Waals surface area contributed by atoms with Crippen LogP contribution in [0.25, 0.3) is 0 Å². The topological polar surface area (TPSA) is 86.5 Å². The summed E-state index contributed by atoms with van der Waals surface area (Å²) in [6.07, 6.45) is 1.09. The van der Waals surface area contributed by atoms with E-state index in [1.54, 1.807) is 6.92 Å². The number of carbonyl (C=O) groups excluding carboxylic acids is 1. The van der Waals surface area contributed by atoms with E-state index >= 15 is 0 Å². The number of ether oxygens (including phenoxy) is 1. The van der Waals surface area contributed by atoms with E-state index in [1.807, 2.05) is 0 Å². The van der Waals surface area contributed by atoms with Gasteiger partial charge in [-0.1, -0.05) is 0 Å². The Morgan fingerprint density at radius 3 is 2.20 bits per heavy atom. The summed E-state index contributed by atoms with van der Waals surface area (Å²) >= 11 is 0. The molecule has 0 aromatic rings. The molecule has 1 unspecified atom stereocenters. The van der Waals surface area contributed by atoms with Crippen LogP contribution >= 0.6 is 12.4 Å². The molecule has 2 N–H and O–H groups in total. The molecular formula is C8H18ClNO4S. The molecule has 1 atom stereocenters. The van der Waals surface area contributed by atoms with Crippen molar-refractivity contribution in [3.63, 3.8) is 0 Å². The van der Waals surface area contributed by atoms with Gasteiger partial charge in [0.25, 0.3) is 0 Å². The lowest BCUT2D eigenvalue weighted by Crippen LogP contribution is -2.45. The molecule has 15 heavy (non-hydrogen) atoms. The Kier molecular flexibility index (Phi) is 7.17. The number of sulfone groups is 1. The minimum atomic E-state index is -3.50. The average Bonchev–Trinajstić information content (AvgIpc) is 2.03. The van der Waals surface area contributed by atoms with Crippen molar-refractivity contribution in [3.8, 4) is 0 Å². The number of halogens is 1. The van der Waals surface area contributed by atoms with Crippen molar-refractivity contribution in [1.29, 1.82) is 0 Å². The molecule has 0 saturated carbocycles. The van der Waals surface area contributed by atoms with Gasteiger partial charge in [0.2, 0.25) is 0 Å². The van der Waals surface area contributed by atoms with Crippen LogP contribution in [0.4, 0.5) is 0 Å². The second kappa shape index (κ2) is 6.30. The van der Waals surface area contributed by atoms with Gasteiger partial charge in [0, 0.05) is 6.26 Å². The SMILES string of the molecule is CCOC(=O)C(C)(CCN)S(C)(=O)=O.Cl. The lowest BCUT2D eigenvalue weighted by molar-refractivity contribution is -0.145. The number of rotatable bonds is 5. The Bertz CT molecular complexity index is 304. The van der Waals surface area contributed by atoms with Gasteiger partial charge in [0.05, 0.1) is 6.61 Å². The fraction of sp³-hybridized carbons (Fsp3) is 0.875. The first-order valence-corrected chi connectivity index (χ1v) is 6.25. The quantitative estimate of drug-likeness (QED) is 0.709. The monoisotopic (exact) mass is 259 g/mol. The molecule has 0 bridgehead atoms. The third kappa shape index (κ3) is 3.96. The maximum absolute atomic E-state index is 11.4. The Morgan fingerprint density at radius 1 is 1.47 bits per heavy atom. The molecule has 0 heterocycles. The first kappa shape index (κ1) is 17.1. The zero-order chi connectivity index (χ0) is 11.4. The summed E-state index contributed by atoms with van der Waals surface area (Å²) in [6.45, 7) is 3.26. The molecule has 0 rings (SSSR count). The van der Waals surface area contributed by atoms with Crippen LogP contribution < -0.4 is 5.73 Å². The van der Waals surface area contributed by atoms with Crippen LogP contribution in [0.15, 0.2) is 0 Å². The first-order chi connectivity index (χ1) is 6.29. The number of hydrogen-bond donors (Lipinski definition) is 1. The van der Waals surface area contributed by atoms with Crippen LogP contribution in [0.1, 0.15) is 20.3 Å². The third-order valence-corrected chi connectivity index (χ3v) is 4.15. The van der Waals surface area contributed by atoms with Crippen LogP contribution in [0.3, 0.4) is 0 Å². The number of esters is 1. The van der Waals surface area contributed by atoms with Crippen LogP contribution in [0.2, 0.25) is 0 Å². The Hall–Kier alpha value is -0.330. The summed E-state index contributed by atoms with van der Waals surface area (Å²) < 4.78 is 26.0. The summed E-state index contributed by atoms with van der Waals surface area (Å²) in [5, 5.41) is 0. The highest BCUT2D eigenvalue weighted by Gasteiger charge is 2.44. The van der Waals surface area contributed by atoms with Crippen LogP contribution in [0.5, 0.6) is 0 Å². The third-order valence-electron chi connectivity index (χ3n) is 2.15. The largest absolute Gasteiger partial charge is 0.465 e. The van der Waals surface area contributed by atoms with Gasteiger partial charge in [-0.05, 0) is 26.8 Å². The highest BCUT2D eigenvalue weighted by molar-refractivity contribution is 7.92. The second-order valence-corrected chi connectivity index (χ2v) is 5.71. The van der Waals surface area contributed by atoms with Crippen molar-refractivity contribution in [2.75, 3.05) is 19.4 Å². The van der Waals surface area contributed by atoms with E-state index in [0.717, 1.165) is 6.26 Å². The Balaban J connectivity index is 0. The summed E-state index contributed by atoms with van der Waals surface area (Å²) in [5.74, 6) is -0.729. The van der Waals surface area contributed by atoms with E-state index in [1.165, 1.54) is 6.92 Å². The van der Waals surface area contributed by atoms with Crippen LogP contribution in [0, 0.1) is 0 Å². The van der Waals surface area contributed by atoms with E-state index in [0.29, 0.717) is 0 Å². The molecule has 0 aromatic heterocycles. The van der Waals surface area contributed by atoms with Gasteiger partial charge >= 0.3 is 5.97 Å². The standard InChI is InChI=1S/C8H17NO4S.ClH/c1-4-13-7(10)8(2,5-6-9)14(3,11)12;/h4-6,9H2,1-3H3;1H. The molecule has 0 radical (unpaired) electrons. The molecule has 0 spiro atoms. The normalized spacial score (nSPS) is 14.9. The lowest BCUT2D eigenvalue weighted by atomic mass is 10.1. The summed E-state index contributed by atoms with van der Waals surface area (Å²) in [4.78, 5) is 11.4. The van der Waals surface area contributed by atoms with Crippen molar-refractivity contribution in [2.24, 2.45) is 5.73 Å². The van der Waals surface area contributed by atoms with E-state index in [9.17, 15) is 13.2 Å². The summed E-state index contributed by atoms with van der Waals surface area (Å²) in [7, 11) is -3.50. The van der Waals surface area contributed by atoms with Gasteiger partial charge in [0.15, 0.2) is 14.6 Å². The van der Waals surface area contributed by atoms with Gasteiger partial charge < -0.3 is 10.5 Å².